The molecule has 0 unspecified atom stereocenters. The molecule has 2 nitrogen and oxygen atoms in total. The van der Waals surface area contributed by atoms with Crippen molar-refractivity contribution in [2.45, 2.75) is 113 Å². The SMILES string of the molecule is C/C=C\CN(C)CCN(CC)CCCCC.CC.CC(C)C1CCCCCCC1. The molecule has 0 aromatic heterocycles. The second-order valence-electron chi connectivity index (χ2n) is 8.82. The van der Waals surface area contributed by atoms with Crippen molar-refractivity contribution in [2.24, 2.45) is 11.8 Å². The minimum atomic E-state index is 0.924. The maximum Gasteiger partial charge on any atom is 0.0160 e. The first-order chi connectivity index (χ1) is 14.0. The van der Waals surface area contributed by atoms with Gasteiger partial charge in [-0.1, -0.05) is 111 Å². The normalized spacial score (nSPS) is 15.7. The summed E-state index contributed by atoms with van der Waals surface area (Å²) in [5.74, 6) is 1.96. The number of hydrogen-bond donors (Lipinski definition) is 0. The molecular weight excluding hydrogens is 352 g/mol. The Morgan fingerprint density at radius 2 is 1.45 bits per heavy atom. The van der Waals surface area contributed by atoms with E-state index in [9.17, 15) is 0 Å². The van der Waals surface area contributed by atoms with Crippen molar-refractivity contribution in [2.75, 3.05) is 39.8 Å². The van der Waals surface area contributed by atoms with Gasteiger partial charge in [-0.25, -0.2) is 0 Å². The van der Waals surface area contributed by atoms with Crippen molar-refractivity contribution in [3.05, 3.63) is 12.2 Å². The molecule has 176 valence electrons. The predicted molar refractivity (Wildman–Crippen MR) is 136 cm³/mol. The quantitative estimate of drug-likeness (QED) is 0.251. The van der Waals surface area contributed by atoms with Gasteiger partial charge in [-0.15, -0.1) is 0 Å². The lowest BCUT2D eigenvalue weighted by Crippen LogP contribution is -2.33. The van der Waals surface area contributed by atoms with Crippen molar-refractivity contribution in [1.82, 2.24) is 9.80 Å². The fourth-order valence-corrected chi connectivity index (χ4v) is 3.86. The van der Waals surface area contributed by atoms with Gasteiger partial charge >= 0.3 is 0 Å². The zero-order chi connectivity index (χ0) is 22.3. The lowest BCUT2D eigenvalue weighted by Gasteiger charge is -2.23. The summed E-state index contributed by atoms with van der Waals surface area (Å²) in [7, 11) is 2.19. The predicted octanol–water partition coefficient (Wildman–Crippen LogP) is 8.04. The number of unbranched alkanes of at least 4 members (excludes halogenated alkanes) is 2. The van der Waals surface area contributed by atoms with Crippen LogP contribution in [0.25, 0.3) is 0 Å². The Bertz CT molecular complexity index is 316. The molecule has 1 aliphatic carbocycles. The topological polar surface area (TPSA) is 6.48 Å². The number of allylic oxidation sites excluding steroid dienone is 1. The van der Waals surface area contributed by atoms with Crippen molar-refractivity contribution in [3.63, 3.8) is 0 Å². The van der Waals surface area contributed by atoms with E-state index in [2.05, 4.69) is 63.6 Å². The molecule has 1 rings (SSSR count). The van der Waals surface area contributed by atoms with Gasteiger partial charge in [-0.05, 0) is 45.3 Å². The number of nitrogens with zero attached hydrogens (tertiary/aromatic N) is 2. The van der Waals surface area contributed by atoms with Gasteiger partial charge in [-0.2, -0.15) is 0 Å². The van der Waals surface area contributed by atoms with Gasteiger partial charge in [0.05, 0.1) is 0 Å². The smallest absolute Gasteiger partial charge is 0.0160 e. The lowest BCUT2D eigenvalue weighted by atomic mass is 9.84. The lowest BCUT2D eigenvalue weighted by molar-refractivity contribution is 0.238. The third kappa shape index (κ3) is 20.7. The highest BCUT2D eigenvalue weighted by atomic mass is 15.2. The van der Waals surface area contributed by atoms with Crippen LogP contribution in [0.3, 0.4) is 0 Å². The molecular formula is C27H58N2. The van der Waals surface area contributed by atoms with Crippen molar-refractivity contribution in [3.8, 4) is 0 Å². The van der Waals surface area contributed by atoms with Crippen LogP contribution in [-0.4, -0.2) is 49.6 Å². The maximum absolute atomic E-state index is 2.56. The molecule has 29 heavy (non-hydrogen) atoms. The highest BCUT2D eigenvalue weighted by molar-refractivity contribution is 4.80. The highest BCUT2D eigenvalue weighted by Gasteiger charge is 2.14. The molecule has 0 spiro atoms. The van der Waals surface area contributed by atoms with E-state index in [1.54, 1.807) is 0 Å². The summed E-state index contributed by atoms with van der Waals surface area (Å²) in [6.07, 6.45) is 18.8. The Balaban J connectivity index is 0. The van der Waals surface area contributed by atoms with Gasteiger partial charge in [-0.3, -0.25) is 0 Å². The Morgan fingerprint density at radius 1 is 0.862 bits per heavy atom. The first-order valence-electron chi connectivity index (χ1n) is 13.1. The van der Waals surface area contributed by atoms with Crippen LogP contribution < -0.4 is 0 Å². The molecule has 0 aromatic rings. The van der Waals surface area contributed by atoms with Crippen LogP contribution in [0.5, 0.6) is 0 Å². The molecule has 0 N–H and O–H groups in total. The molecule has 0 bridgehead atoms. The fraction of sp³-hybridized carbons (Fsp3) is 0.926. The van der Waals surface area contributed by atoms with Crippen LogP contribution in [0.2, 0.25) is 0 Å². The second-order valence-corrected chi connectivity index (χ2v) is 8.82. The zero-order valence-electron chi connectivity index (χ0n) is 21.8. The number of hydrogen-bond acceptors (Lipinski definition) is 2. The standard InChI is InChI=1S/C14H30N2.C11H22.C2H6/c1-5-8-10-12-16(7-3)14-13-15(4)11-9-6-2;1-10(2)11-8-6-4-3-5-7-9-11;1-2/h6,9H,5,7-8,10-14H2,1-4H3;10-11H,3-9H2,1-2H3;1-2H3/b9-6-;;. The van der Waals surface area contributed by atoms with Crippen molar-refractivity contribution in [1.29, 1.82) is 0 Å². The minimum Gasteiger partial charge on any atom is -0.302 e. The summed E-state index contributed by atoms with van der Waals surface area (Å²) in [5.41, 5.74) is 0. The highest BCUT2D eigenvalue weighted by Crippen LogP contribution is 2.27. The summed E-state index contributed by atoms with van der Waals surface area (Å²) in [6, 6.07) is 0. The average Bonchev–Trinajstić information content (AvgIpc) is 2.70. The Kier molecular flexibility index (Phi) is 25.5. The van der Waals surface area contributed by atoms with Crippen LogP contribution in [0.15, 0.2) is 12.2 Å². The molecule has 1 aliphatic rings. The summed E-state index contributed by atoms with van der Waals surface area (Å²) in [5, 5.41) is 0. The fourth-order valence-electron chi connectivity index (χ4n) is 3.86. The monoisotopic (exact) mass is 410 g/mol. The first-order valence-corrected chi connectivity index (χ1v) is 13.1. The summed E-state index contributed by atoms with van der Waals surface area (Å²) < 4.78 is 0. The van der Waals surface area contributed by atoms with E-state index < -0.39 is 0 Å². The van der Waals surface area contributed by atoms with Crippen LogP contribution >= 0.6 is 0 Å². The number of rotatable bonds is 11. The zero-order valence-corrected chi connectivity index (χ0v) is 21.8. The average molecular weight is 411 g/mol. The molecule has 0 aliphatic heterocycles. The molecule has 0 atom stereocenters. The third-order valence-electron chi connectivity index (χ3n) is 6.07. The van der Waals surface area contributed by atoms with E-state index in [0.717, 1.165) is 18.4 Å². The minimum absolute atomic E-state index is 0.924. The van der Waals surface area contributed by atoms with Gasteiger partial charge in [0.15, 0.2) is 0 Å². The van der Waals surface area contributed by atoms with E-state index in [1.807, 2.05) is 13.8 Å². The number of likely N-dealkylation sites (N-methyl/N-ethyl adjacent to an activating group) is 2. The van der Waals surface area contributed by atoms with E-state index in [1.165, 1.54) is 90.4 Å². The van der Waals surface area contributed by atoms with Gasteiger partial charge in [0.2, 0.25) is 0 Å². The summed E-state index contributed by atoms with van der Waals surface area (Å²) in [6.45, 7) is 21.3. The van der Waals surface area contributed by atoms with Crippen LogP contribution in [0.4, 0.5) is 0 Å². The van der Waals surface area contributed by atoms with Gasteiger partial charge in [0.25, 0.3) is 0 Å². The second kappa shape index (κ2) is 23.9. The molecule has 0 radical (unpaired) electrons. The molecule has 2 heteroatoms. The Morgan fingerprint density at radius 3 is 1.93 bits per heavy atom. The summed E-state index contributed by atoms with van der Waals surface area (Å²) in [4.78, 5) is 4.93. The van der Waals surface area contributed by atoms with Crippen LogP contribution in [0.1, 0.15) is 113 Å². The molecule has 1 fully saturated rings. The largest absolute Gasteiger partial charge is 0.302 e. The van der Waals surface area contributed by atoms with Crippen LogP contribution in [-0.2, 0) is 0 Å². The van der Waals surface area contributed by atoms with E-state index >= 15 is 0 Å². The van der Waals surface area contributed by atoms with Gasteiger partial charge in [0, 0.05) is 19.6 Å². The molecule has 1 saturated carbocycles. The maximum atomic E-state index is 2.56. The molecule has 0 heterocycles. The van der Waals surface area contributed by atoms with Crippen molar-refractivity contribution >= 4 is 0 Å². The summed E-state index contributed by atoms with van der Waals surface area (Å²) >= 11 is 0. The Labute approximate surface area is 186 Å². The van der Waals surface area contributed by atoms with E-state index in [-0.39, 0.29) is 0 Å². The Hall–Kier alpha value is -0.340. The van der Waals surface area contributed by atoms with Gasteiger partial charge in [0.1, 0.15) is 0 Å². The molecule has 0 amide bonds. The third-order valence-corrected chi connectivity index (χ3v) is 6.07. The van der Waals surface area contributed by atoms with Crippen molar-refractivity contribution < 1.29 is 0 Å². The van der Waals surface area contributed by atoms with E-state index in [4.69, 9.17) is 0 Å². The first kappa shape index (κ1) is 30.9. The molecule has 0 aromatic carbocycles. The molecule has 0 saturated heterocycles. The van der Waals surface area contributed by atoms with Gasteiger partial charge < -0.3 is 9.80 Å². The van der Waals surface area contributed by atoms with E-state index in [0.29, 0.717) is 0 Å². The van der Waals surface area contributed by atoms with Crippen LogP contribution in [0, 0.1) is 11.8 Å².